The van der Waals surface area contributed by atoms with Crippen molar-refractivity contribution in [2.24, 2.45) is 0 Å². The molecule has 0 radical (unpaired) electrons. The smallest absolute Gasteiger partial charge is 0.135 e. The molecule has 0 aromatic rings. The van der Waals surface area contributed by atoms with Crippen LogP contribution in [0.25, 0.3) is 0 Å². The van der Waals surface area contributed by atoms with Gasteiger partial charge in [-0.05, 0) is 13.3 Å². The fraction of sp³-hybridized carbons (Fsp3) is 0.909. The maximum Gasteiger partial charge on any atom is 0.135 e. The van der Waals surface area contributed by atoms with Gasteiger partial charge in [0, 0.05) is 20.0 Å². The number of hydrogen-bond donors (Lipinski definition) is 0. The lowest BCUT2D eigenvalue weighted by atomic mass is 10.1. The first-order chi connectivity index (χ1) is 6.20. The number of unbranched alkanes of at least 4 members (excludes halogenated alkanes) is 3. The molecule has 1 unspecified atom stereocenters. The zero-order valence-electron chi connectivity index (χ0n) is 9.14. The van der Waals surface area contributed by atoms with E-state index >= 15 is 0 Å². The van der Waals surface area contributed by atoms with Crippen molar-refractivity contribution in [2.45, 2.75) is 58.5 Å². The van der Waals surface area contributed by atoms with Crippen LogP contribution in [0.2, 0.25) is 0 Å². The lowest BCUT2D eigenvalue weighted by Crippen LogP contribution is -2.11. The molecule has 0 fully saturated rings. The molecule has 0 heterocycles. The fourth-order valence-electron chi connectivity index (χ4n) is 1.25. The average molecular weight is 186 g/mol. The molecule has 0 aliphatic rings. The first kappa shape index (κ1) is 12.6. The predicted octanol–water partition coefficient (Wildman–Crippen LogP) is 2.95. The van der Waals surface area contributed by atoms with Crippen molar-refractivity contribution in [3.8, 4) is 0 Å². The van der Waals surface area contributed by atoms with Gasteiger partial charge >= 0.3 is 0 Å². The average Bonchev–Trinajstić information content (AvgIpc) is 2.12. The lowest BCUT2D eigenvalue weighted by Gasteiger charge is -2.07. The predicted molar refractivity (Wildman–Crippen MR) is 54.9 cm³/mol. The summed E-state index contributed by atoms with van der Waals surface area (Å²) in [4.78, 5) is 11.3. The minimum Gasteiger partial charge on any atom is -0.381 e. The van der Waals surface area contributed by atoms with E-state index < -0.39 is 0 Å². The summed E-state index contributed by atoms with van der Waals surface area (Å²) in [7, 11) is 1.65. The number of methoxy groups -OCH3 is 1. The second-order valence-corrected chi connectivity index (χ2v) is 3.60. The molecule has 13 heavy (non-hydrogen) atoms. The number of ether oxygens (including phenoxy) is 1. The van der Waals surface area contributed by atoms with Gasteiger partial charge in [-0.3, -0.25) is 4.79 Å². The Kier molecular flexibility index (Phi) is 8.00. The quantitative estimate of drug-likeness (QED) is 0.545. The normalized spacial score (nSPS) is 12.8. The molecule has 0 spiro atoms. The van der Waals surface area contributed by atoms with Gasteiger partial charge in [0.25, 0.3) is 0 Å². The lowest BCUT2D eigenvalue weighted by molar-refractivity contribution is -0.121. The molecular formula is C11H22O2. The molecule has 1 atom stereocenters. The van der Waals surface area contributed by atoms with Crippen molar-refractivity contribution in [1.29, 1.82) is 0 Å². The molecule has 0 aliphatic carbocycles. The Morgan fingerprint density at radius 1 is 1.31 bits per heavy atom. The number of carbonyl (C=O) groups is 1. The van der Waals surface area contributed by atoms with E-state index in [1.54, 1.807) is 7.11 Å². The van der Waals surface area contributed by atoms with Crippen LogP contribution in [0.4, 0.5) is 0 Å². The van der Waals surface area contributed by atoms with E-state index in [9.17, 15) is 4.79 Å². The van der Waals surface area contributed by atoms with Crippen LogP contribution in [0.1, 0.15) is 52.4 Å². The highest BCUT2D eigenvalue weighted by Gasteiger charge is 2.06. The van der Waals surface area contributed by atoms with E-state index in [4.69, 9.17) is 4.74 Å². The summed E-state index contributed by atoms with van der Waals surface area (Å²) in [5.41, 5.74) is 0. The summed E-state index contributed by atoms with van der Waals surface area (Å²) in [6.07, 6.45) is 6.08. The van der Waals surface area contributed by atoms with Crippen molar-refractivity contribution < 1.29 is 9.53 Å². The van der Waals surface area contributed by atoms with Crippen molar-refractivity contribution in [1.82, 2.24) is 0 Å². The Bertz CT molecular complexity index is 132. The van der Waals surface area contributed by atoms with Gasteiger partial charge in [-0.25, -0.2) is 0 Å². The number of hydrogen-bond acceptors (Lipinski definition) is 2. The van der Waals surface area contributed by atoms with E-state index in [0.717, 1.165) is 12.8 Å². The second-order valence-electron chi connectivity index (χ2n) is 3.60. The third kappa shape index (κ3) is 7.97. The van der Waals surface area contributed by atoms with Gasteiger partial charge in [0.2, 0.25) is 0 Å². The van der Waals surface area contributed by atoms with Crippen LogP contribution < -0.4 is 0 Å². The first-order valence-electron chi connectivity index (χ1n) is 5.25. The van der Waals surface area contributed by atoms with Crippen molar-refractivity contribution in [3.63, 3.8) is 0 Å². The Morgan fingerprint density at radius 3 is 2.54 bits per heavy atom. The molecular weight excluding hydrogens is 164 g/mol. The topological polar surface area (TPSA) is 26.3 Å². The monoisotopic (exact) mass is 186 g/mol. The highest BCUT2D eigenvalue weighted by atomic mass is 16.5. The summed E-state index contributed by atoms with van der Waals surface area (Å²) in [5, 5.41) is 0. The highest BCUT2D eigenvalue weighted by Crippen LogP contribution is 2.06. The first-order valence-corrected chi connectivity index (χ1v) is 5.25. The molecule has 2 nitrogen and oxygen atoms in total. The van der Waals surface area contributed by atoms with Crippen molar-refractivity contribution >= 4 is 5.78 Å². The molecule has 0 saturated carbocycles. The Labute approximate surface area is 81.7 Å². The van der Waals surface area contributed by atoms with Gasteiger partial charge in [-0.15, -0.1) is 0 Å². The molecule has 0 N–H and O–H groups in total. The van der Waals surface area contributed by atoms with Crippen LogP contribution >= 0.6 is 0 Å². The molecule has 0 rings (SSSR count). The minimum absolute atomic E-state index is 0.0821. The van der Waals surface area contributed by atoms with Crippen LogP contribution in [0.15, 0.2) is 0 Å². The van der Waals surface area contributed by atoms with E-state index in [0.29, 0.717) is 12.2 Å². The summed E-state index contributed by atoms with van der Waals surface area (Å²) in [6.45, 7) is 4.11. The van der Waals surface area contributed by atoms with Gasteiger partial charge in [0.15, 0.2) is 0 Å². The minimum atomic E-state index is 0.0821. The highest BCUT2D eigenvalue weighted by molar-refractivity contribution is 5.78. The van der Waals surface area contributed by atoms with Crippen LogP contribution in [0, 0.1) is 0 Å². The molecule has 0 aliphatic heterocycles. The number of rotatable bonds is 8. The maximum absolute atomic E-state index is 11.3. The van der Waals surface area contributed by atoms with E-state index in [-0.39, 0.29) is 6.10 Å². The molecule has 0 aromatic heterocycles. The summed E-state index contributed by atoms with van der Waals surface area (Å²) in [5.74, 6) is 0.338. The van der Waals surface area contributed by atoms with Gasteiger partial charge < -0.3 is 4.74 Å². The molecule has 0 bridgehead atoms. The summed E-state index contributed by atoms with van der Waals surface area (Å²) < 4.78 is 5.03. The van der Waals surface area contributed by atoms with Gasteiger partial charge in [0.05, 0.1) is 6.10 Å². The third-order valence-electron chi connectivity index (χ3n) is 2.23. The van der Waals surface area contributed by atoms with Crippen molar-refractivity contribution in [3.05, 3.63) is 0 Å². The van der Waals surface area contributed by atoms with E-state index in [2.05, 4.69) is 6.92 Å². The Morgan fingerprint density at radius 2 is 2.00 bits per heavy atom. The van der Waals surface area contributed by atoms with E-state index in [1.165, 1.54) is 19.3 Å². The number of Topliss-reactive ketones (excluding diaryl/α,β-unsaturated/α-hetero) is 1. The zero-order valence-corrected chi connectivity index (χ0v) is 9.14. The molecule has 0 aromatic carbocycles. The third-order valence-corrected chi connectivity index (χ3v) is 2.23. The van der Waals surface area contributed by atoms with Crippen LogP contribution in [0.3, 0.4) is 0 Å². The van der Waals surface area contributed by atoms with E-state index in [1.807, 2.05) is 6.92 Å². The zero-order chi connectivity index (χ0) is 10.1. The van der Waals surface area contributed by atoms with Crippen LogP contribution in [-0.2, 0) is 9.53 Å². The fourth-order valence-corrected chi connectivity index (χ4v) is 1.25. The molecule has 0 amide bonds. The standard InChI is InChI=1S/C11H22O2/c1-4-5-6-7-8-11(12)9-10(2)13-3/h10H,4-9H2,1-3H3. The SMILES string of the molecule is CCCCCCC(=O)CC(C)OC. The van der Waals surface area contributed by atoms with Gasteiger partial charge in [-0.1, -0.05) is 26.2 Å². The molecule has 2 heteroatoms. The second kappa shape index (κ2) is 8.24. The van der Waals surface area contributed by atoms with Crippen LogP contribution in [0.5, 0.6) is 0 Å². The molecule has 78 valence electrons. The van der Waals surface area contributed by atoms with Crippen LogP contribution in [-0.4, -0.2) is 19.0 Å². The Balaban J connectivity index is 3.30. The Hall–Kier alpha value is -0.370. The summed E-state index contributed by atoms with van der Waals surface area (Å²) in [6, 6.07) is 0. The maximum atomic E-state index is 11.3. The summed E-state index contributed by atoms with van der Waals surface area (Å²) >= 11 is 0. The largest absolute Gasteiger partial charge is 0.381 e. The van der Waals surface area contributed by atoms with Gasteiger partial charge in [-0.2, -0.15) is 0 Å². The van der Waals surface area contributed by atoms with Crippen molar-refractivity contribution in [2.75, 3.05) is 7.11 Å². The molecule has 0 saturated heterocycles. The number of carbonyl (C=O) groups excluding carboxylic acids is 1. The number of ketones is 1. The van der Waals surface area contributed by atoms with Gasteiger partial charge in [0.1, 0.15) is 5.78 Å².